The molecule has 0 bridgehead atoms. The highest BCUT2D eigenvalue weighted by Gasteiger charge is 2.47. The molecule has 5 rings (SSSR count). The van der Waals surface area contributed by atoms with Gasteiger partial charge in [0.1, 0.15) is 11.6 Å². The van der Waals surface area contributed by atoms with Crippen molar-refractivity contribution in [3.05, 3.63) is 94.8 Å². The molecule has 0 aromatic heterocycles. The average Bonchev–Trinajstić information content (AvgIpc) is 3.36. The fraction of sp³-hybridized carbons (Fsp3) is 0.120. The lowest BCUT2D eigenvalue weighted by Crippen LogP contribution is -2.29. The Morgan fingerprint density at radius 3 is 2.50 bits per heavy atom. The van der Waals surface area contributed by atoms with Crippen LogP contribution in [0.5, 0.6) is 11.5 Å². The van der Waals surface area contributed by atoms with Gasteiger partial charge in [0.25, 0.3) is 11.7 Å². The number of carbonyl (C=O) groups is 2. The molecule has 7 heteroatoms. The van der Waals surface area contributed by atoms with Crippen LogP contribution < -0.4 is 14.4 Å². The zero-order valence-electron chi connectivity index (χ0n) is 17.0. The van der Waals surface area contributed by atoms with E-state index in [1.807, 2.05) is 25.1 Å². The highest BCUT2D eigenvalue weighted by Crippen LogP contribution is 2.43. The van der Waals surface area contributed by atoms with Gasteiger partial charge in [0.05, 0.1) is 11.6 Å². The monoisotopic (exact) mass is 431 g/mol. The number of aryl methyl sites for hydroxylation is 1. The van der Waals surface area contributed by atoms with E-state index in [9.17, 15) is 19.1 Å². The van der Waals surface area contributed by atoms with Gasteiger partial charge in [-0.05, 0) is 55.0 Å². The molecule has 1 saturated heterocycles. The van der Waals surface area contributed by atoms with Crippen LogP contribution in [-0.2, 0) is 9.59 Å². The molecule has 2 aliphatic rings. The zero-order chi connectivity index (χ0) is 22.4. The quantitative estimate of drug-likeness (QED) is 0.376. The first-order valence-electron chi connectivity index (χ1n) is 9.97. The molecule has 1 amide bonds. The first-order chi connectivity index (χ1) is 15.4. The van der Waals surface area contributed by atoms with E-state index in [2.05, 4.69) is 0 Å². The summed E-state index contributed by atoms with van der Waals surface area (Å²) < 4.78 is 24.2. The Kier molecular flexibility index (Phi) is 4.66. The number of aliphatic hydroxyl groups excluding tert-OH is 1. The Morgan fingerprint density at radius 1 is 1.00 bits per heavy atom. The molecule has 0 saturated carbocycles. The molecule has 0 spiro atoms. The summed E-state index contributed by atoms with van der Waals surface area (Å²) in [5, 5.41) is 11.2. The molecule has 3 aromatic rings. The van der Waals surface area contributed by atoms with E-state index in [0.717, 1.165) is 5.56 Å². The molecular formula is C25H18FNO5. The molecule has 6 nitrogen and oxygen atoms in total. The number of rotatable bonds is 3. The van der Waals surface area contributed by atoms with Gasteiger partial charge in [-0.3, -0.25) is 14.5 Å². The van der Waals surface area contributed by atoms with Gasteiger partial charge in [-0.2, -0.15) is 0 Å². The molecule has 2 heterocycles. The van der Waals surface area contributed by atoms with Gasteiger partial charge in [0.15, 0.2) is 11.5 Å². The molecule has 1 fully saturated rings. The van der Waals surface area contributed by atoms with E-state index in [1.165, 1.54) is 29.2 Å². The van der Waals surface area contributed by atoms with Crippen molar-refractivity contribution in [3.8, 4) is 11.5 Å². The van der Waals surface area contributed by atoms with Crippen molar-refractivity contribution in [1.29, 1.82) is 0 Å². The molecule has 0 aliphatic carbocycles. The Hall–Kier alpha value is -4.13. The van der Waals surface area contributed by atoms with Gasteiger partial charge in [0, 0.05) is 11.3 Å². The highest BCUT2D eigenvalue weighted by atomic mass is 19.1. The van der Waals surface area contributed by atoms with E-state index < -0.39 is 23.5 Å². The van der Waals surface area contributed by atoms with Crippen molar-refractivity contribution in [3.63, 3.8) is 0 Å². The first kappa shape index (κ1) is 19.8. The maximum Gasteiger partial charge on any atom is 0.300 e. The standard InChI is InChI=1S/C25H18FNO5/c1-14-3-2-4-15(11-14)22-21(23(28)16-5-10-19-20(12-16)32-13-31-19)24(29)25(30)27(22)18-8-6-17(26)7-9-18/h2-12,22,28H,13H2,1H3/b23-21-. The van der Waals surface area contributed by atoms with Crippen LogP contribution in [0.3, 0.4) is 0 Å². The third kappa shape index (κ3) is 3.19. The normalized spacial score (nSPS) is 18.9. The molecule has 3 aromatic carbocycles. The number of nitrogens with zero attached hydrogens (tertiary/aromatic N) is 1. The number of fused-ring (bicyclic) bond motifs is 1. The molecule has 0 radical (unpaired) electrons. The maximum absolute atomic E-state index is 13.5. The molecule has 2 aliphatic heterocycles. The second-order valence-corrected chi connectivity index (χ2v) is 7.63. The number of benzene rings is 3. The van der Waals surface area contributed by atoms with Crippen LogP contribution in [0, 0.1) is 12.7 Å². The van der Waals surface area contributed by atoms with Gasteiger partial charge in [-0.1, -0.05) is 29.8 Å². The first-order valence-corrected chi connectivity index (χ1v) is 9.97. The van der Waals surface area contributed by atoms with Crippen molar-refractivity contribution in [2.75, 3.05) is 11.7 Å². The SMILES string of the molecule is Cc1cccc(C2/C(=C(/O)c3ccc4c(c3)OCO4)C(=O)C(=O)N2c2ccc(F)cc2)c1. The third-order valence-corrected chi connectivity index (χ3v) is 5.55. The molecule has 160 valence electrons. The van der Waals surface area contributed by atoms with Gasteiger partial charge in [0.2, 0.25) is 6.79 Å². The van der Waals surface area contributed by atoms with Gasteiger partial charge in [-0.15, -0.1) is 0 Å². The number of hydrogen-bond acceptors (Lipinski definition) is 5. The van der Waals surface area contributed by atoms with E-state index in [4.69, 9.17) is 9.47 Å². The van der Waals surface area contributed by atoms with E-state index in [-0.39, 0.29) is 18.1 Å². The summed E-state index contributed by atoms with van der Waals surface area (Å²) in [6, 6.07) is 16.6. The molecule has 32 heavy (non-hydrogen) atoms. The van der Waals surface area contributed by atoms with Crippen molar-refractivity contribution in [1.82, 2.24) is 0 Å². The topological polar surface area (TPSA) is 76.1 Å². The van der Waals surface area contributed by atoms with Crippen LogP contribution in [0.15, 0.2) is 72.3 Å². The predicted octanol–water partition coefficient (Wildman–Crippen LogP) is 4.49. The molecular weight excluding hydrogens is 413 g/mol. The fourth-order valence-electron chi connectivity index (χ4n) is 4.06. The summed E-state index contributed by atoms with van der Waals surface area (Å²) >= 11 is 0. The molecule has 1 atom stereocenters. The summed E-state index contributed by atoms with van der Waals surface area (Å²) in [4.78, 5) is 27.5. The number of aliphatic hydroxyl groups is 1. The molecule has 1 N–H and O–H groups in total. The summed E-state index contributed by atoms with van der Waals surface area (Å²) in [6.45, 7) is 1.96. The van der Waals surface area contributed by atoms with Crippen LogP contribution in [0.25, 0.3) is 5.76 Å². The van der Waals surface area contributed by atoms with Crippen LogP contribution in [-0.4, -0.2) is 23.6 Å². The number of anilines is 1. The zero-order valence-corrected chi connectivity index (χ0v) is 17.0. The Labute approximate surface area is 183 Å². The van der Waals surface area contributed by atoms with Gasteiger partial charge in [-0.25, -0.2) is 4.39 Å². The van der Waals surface area contributed by atoms with E-state index in [0.29, 0.717) is 28.3 Å². The smallest absolute Gasteiger partial charge is 0.300 e. The number of ketones is 1. The number of ether oxygens (including phenoxy) is 2. The number of halogens is 1. The lowest BCUT2D eigenvalue weighted by atomic mass is 9.94. The third-order valence-electron chi connectivity index (χ3n) is 5.55. The Bertz CT molecular complexity index is 1280. The van der Waals surface area contributed by atoms with Crippen LogP contribution in [0.4, 0.5) is 10.1 Å². The Balaban J connectivity index is 1.71. The second kappa shape index (κ2) is 7.53. The van der Waals surface area contributed by atoms with Gasteiger partial charge < -0.3 is 14.6 Å². The lowest BCUT2D eigenvalue weighted by molar-refractivity contribution is -0.132. The van der Waals surface area contributed by atoms with E-state index >= 15 is 0 Å². The summed E-state index contributed by atoms with van der Waals surface area (Å²) in [5.74, 6) is -1.44. The number of carbonyl (C=O) groups excluding carboxylic acids is 2. The predicted molar refractivity (Wildman–Crippen MR) is 115 cm³/mol. The minimum absolute atomic E-state index is 0.0520. The summed E-state index contributed by atoms with van der Waals surface area (Å²) in [6.07, 6.45) is 0. The van der Waals surface area contributed by atoms with Crippen molar-refractivity contribution in [2.45, 2.75) is 13.0 Å². The molecule has 1 unspecified atom stereocenters. The second-order valence-electron chi connectivity index (χ2n) is 7.63. The van der Waals surface area contributed by atoms with E-state index in [1.54, 1.807) is 24.3 Å². The summed E-state index contributed by atoms with van der Waals surface area (Å²) in [7, 11) is 0. The number of Topliss-reactive ketones (excluding diaryl/α,β-unsaturated/α-hetero) is 1. The van der Waals surface area contributed by atoms with Crippen molar-refractivity contribution < 1.29 is 28.6 Å². The minimum atomic E-state index is -0.884. The minimum Gasteiger partial charge on any atom is -0.507 e. The van der Waals surface area contributed by atoms with Crippen LogP contribution >= 0.6 is 0 Å². The number of hydrogen-bond donors (Lipinski definition) is 1. The van der Waals surface area contributed by atoms with Crippen molar-refractivity contribution in [2.24, 2.45) is 0 Å². The van der Waals surface area contributed by atoms with Gasteiger partial charge >= 0.3 is 0 Å². The average molecular weight is 431 g/mol. The largest absolute Gasteiger partial charge is 0.507 e. The highest BCUT2D eigenvalue weighted by molar-refractivity contribution is 6.51. The summed E-state index contributed by atoms with van der Waals surface area (Å²) in [5.41, 5.74) is 2.20. The fourth-order valence-corrected chi connectivity index (χ4v) is 4.06. The lowest BCUT2D eigenvalue weighted by Gasteiger charge is -2.25. The van der Waals surface area contributed by atoms with Crippen LogP contribution in [0.2, 0.25) is 0 Å². The maximum atomic E-state index is 13.5. The Morgan fingerprint density at radius 2 is 1.75 bits per heavy atom. The number of amides is 1. The van der Waals surface area contributed by atoms with Crippen molar-refractivity contribution >= 4 is 23.1 Å². The van der Waals surface area contributed by atoms with Crippen LogP contribution in [0.1, 0.15) is 22.7 Å².